The van der Waals surface area contributed by atoms with Crippen LogP contribution in [0.1, 0.15) is 25.8 Å². The largest absolute Gasteiger partial charge is 0.315 e. The maximum Gasteiger partial charge on any atom is 0.141 e. The number of hydrogen-bond acceptors (Lipinski definition) is 1. The predicted octanol–water partition coefficient (Wildman–Crippen LogP) is 3.41. The summed E-state index contributed by atoms with van der Waals surface area (Å²) in [6.45, 7) is 5.21. The molecule has 0 heterocycles. The fourth-order valence-electron chi connectivity index (χ4n) is 1.53. The molecule has 3 heteroatoms. The maximum atomic E-state index is 12.9. The van der Waals surface area contributed by atoms with Crippen LogP contribution in [0.25, 0.3) is 0 Å². The summed E-state index contributed by atoms with van der Waals surface area (Å²) in [4.78, 5) is 0. The van der Waals surface area contributed by atoms with Gasteiger partial charge in [-0.25, -0.2) is 4.39 Å². The lowest BCUT2D eigenvalue weighted by Crippen LogP contribution is -2.25. The van der Waals surface area contributed by atoms with Crippen molar-refractivity contribution in [2.24, 2.45) is 0 Å². The van der Waals surface area contributed by atoms with Crippen LogP contribution in [0.15, 0.2) is 18.2 Å². The van der Waals surface area contributed by atoms with Crippen LogP contribution in [0.3, 0.4) is 0 Å². The highest BCUT2D eigenvalue weighted by Gasteiger charge is 2.03. The first kappa shape index (κ1) is 12.5. The zero-order valence-electron chi connectivity index (χ0n) is 9.19. The Bertz CT molecular complexity index is 314. The van der Waals surface area contributed by atoms with Crippen molar-refractivity contribution in [1.29, 1.82) is 0 Å². The highest BCUT2D eigenvalue weighted by Crippen LogP contribution is 2.17. The molecule has 0 saturated heterocycles. The van der Waals surface area contributed by atoms with Crippen molar-refractivity contribution < 1.29 is 4.39 Å². The monoisotopic (exact) mass is 229 g/mol. The molecule has 84 valence electrons. The molecule has 0 aliphatic heterocycles. The standard InChI is InChI=1S/C12H17ClFN/c1-3-15-9(2)4-5-10-6-7-12(14)11(13)8-10/h6-9,15H,3-5H2,1-2H3. The van der Waals surface area contributed by atoms with Crippen molar-refractivity contribution in [1.82, 2.24) is 5.32 Å². The summed E-state index contributed by atoms with van der Waals surface area (Å²) < 4.78 is 12.9. The number of rotatable bonds is 5. The molecule has 0 radical (unpaired) electrons. The van der Waals surface area contributed by atoms with E-state index < -0.39 is 0 Å². The fourth-order valence-corrected chi connectivity index (χ4v) is 1.73. The van der Waals surface area contributed by atoms with Crippen molar-refractivity contribution in [3.8, 4) is 0 Å². The van der Waals surface area contributed by atoms with Gasteiger partial charge in [0.1, 0.15) is 5.82 Å². The van der Waals surface area contributed by atoms with E-state index in [0.717, 1.165) is 24.9 Å². The number of hydrogen-bond donors (Lipinski definition) is 1. The first-order valence-electron chi connectivity index (χ1n) is 5.30. The maximum absolute atomic E-state index is 12.9. The van der Waals surface area contributed by atoms with Gasteiger partial charge in [0.2, 0.25) is 0 Å². The third-order valence-corrected chi connectivity index (χ3v) is 2.69. The first-order chi connectivity index (χ1) is 7.13. The van der Waals surface area contributed by atoms with Crippen molar-refractivity contribution in [2.45, 2.75) is 32.7 Å². The highest BCUT2D eigenvalue weighted by molar-refractivity contribution is 6.30. The van der Waals surface area contributed by atoms with Crippen molar-refractivity contribution in [3.63, 3.8) is 0 Å². The summed E-state index contributed by atoms with van der Waals surface area (Å²) in [6, 6.07) is 5.41. The minimum Gasteiger partial charge on any atom is -0.315 e. The molecule has 0 spiro atoms. The molecule has 1 rings (SSSR count). The van der Waals surface area contributed by atoms with Crippen LogP contribution < -0.4 is 5.32 Å². The van der Waals surface area contributed by atoms with Gasteiger partial charge in [-0.3, -0.25) is 0 Å². The average Bonchev–Trinajstić information content (AvgIpc) is 2.20. The van der Waals surface area contributed by atoms with Gasteiger partial charge >= 0.3 is 0 Å². The molecule has 15 heavy (non-hydrogen) atoms. The molecule has 0 aliphatic rings. The van der Waals surface area contributed by atoms with Crippen LogP contribution in [-0.2, 0) is 6.42 Å². The van der Waals surface area contributed by atoms with Gasteiger partial charge in [0.25, 0.3) is 0 Å². The molecule has 1 atom stereocenters. The molecule has 0 amide bonds. The van der Waals surface area contributed by atoms with Gasteiger partial charge in [-0.2, -0.15) is 0 Å². The third-order valence-electron chi connectivity index (χ3n) is 2.40. The highest BCUT2D eigenvalue weighted by atomic mass is 35.5. The van der Waals surface area contributed by atoms with Crippen molar-refractivity contribution in [3.05, 3.63) is 34.6 Å². The fraction of sp³-hybridized carbons (Fsp3) is 0.500. The lowest BCUT2D eigenvalue weighted by molar-refractivity contribution is 0.530. The van der Waals surface area contributed by atoms with Gasteiger partial charge in [0.05, 0.1) is 5.02 Å². The summed E-state index contributed by atoms with van der Waals surface area (Å²) >= 11 is 5.70. The number of aryl methyl sites for hydroxylation is 1. The van der Waals surface area contributed by atoms with Gasteiger partial charge in [0.15, 0.2) is 0 Å². The first-order valence-corrected chi connectivity index (χ1v) is 5.68. The van der Waals surface area contributed by atoms with Crippen LogP contribution in [0.2, 0.25) is 5.02 Å². The molecular weight excluding hydrogens is 213 g/mol. The SMILES string of the molecule is CCNC(C)CCc1ccc(F)c(Cl)c1. The van der Waals surface area contributed by atoms with Gasteiger partial charge in [-0.1, -0.05) is 24.6 Å². The Hall–Kier alpha value is -0.600. The summed E-state index contributed by atoms with van der Waals surface area (Å²) in [6.07, 6.45) is 1.96. The van der Waals surface area contributed by atoms with Crippen LogP contribution in [-0.4, -0.2) is 12.6 Å². The molecule has 1 N–H and O–H groups in total. The van der Waals surface area contributed by atoms with Crippen molar-refractivity contribution >= 4 is 11.6 Å². The normalized spacial score (nSPS) is 12.8. The summed E-state index contributed by atoms with van der Waals surface area (Å²) in [5.41, 5.74) is 1.09. The van der Waals surface area contributed by atoms with Crippen LogP contribution in [0.4, 0.5) is 4.39 Å². The molecule has 1 aromatic carbocycles. The van der Waals surface area contributed by atoms with E-state index in [1.54, 1.807) is 12.1 Å². The Labute approximate surface area is 95.6 Å². The number of halogens is 2. The zero-order chi connectivity index (χ0) is 11.3. The van der Waals surface area contributed by atoms with Gasteiger partial charge in [-0.05, 0) is 44.0 Å². The minimum absolute atomic E-state index is 0.212. The molecule has 0 aliphatic carbocycles. The van der Waals surface area contributed by atoms with Gasteiger partial charge in [0, 0.05) is 6.04 Å². The van der Waals surface area contributed by atoms with E-state index in [9.17, 15) is 4.39 Å². The molecular formula is C12H17ClFN. The van der Waals surface area contributed by atoms with Crippen LogP contribution in [0.5, 0.6) is 0 Å². The molecule has 0 fully saturated rings. The number of benzene rings is 1. The molecule has 1 unspecified atom stereocenters. The van der Waals surface area contributed by atoms with E-state index in [0.29, 0.717) is 6.04 Å². The topological polar surface area (TPSA) is 12.0 Å². The van der Waals surface area contributed by atoms with Gasteiger partial charge < -0.3 is 5.32 Å². The second-order valence-electron chi connectivity index (χ2n) is 3.75. The summed E-state index contributed by atoms with van der Waals surface area (Å²) in [7, 11) is 0. The minimum atomic E-state index is -0.347. The second kappa shape index (κ2) is 6.09. The average molecular weight is 230 g/mol. The second-order valence-corrected chi connectivity index (χ2v) is 4.15. The van der Waals surface area contributed by atoms with E-state index >= 15 is 0 Å². The lowest BCUT2D eigenvalue weighted by Gasteiger charge is -2.11. The van der Waals surface area contributed by atoms with E-state index in [2.05, 4.69) is 19.2 Å². The predicted molar refractivity (Wildman–Crippen MR) is 62.9 cm³/mol. The van der Waals surface area contributed by atoms with E-state index in [1.165, 1.54) is 6.07 Å². The van der Waals surface area contributed by atoms with E-state index in [4.69, 9.17) is 11.6 Å². The zero-order valence-corrected chi connectivity index (χ0v) is 9.94. The summed E-state index contributed by atoms with van der Waals surface area (Å²) in [5.74, 6) is -0.347. The van der Waals surface area contributed by atoms with E-state index in [1.807, 2.05) is 0 Å². The molecule has 0 aromatic heterocycles. The smallest absolute Gasteiger partial charge is 0.141 e. The Morgan fingerprint density at radius 3 is 2.80 bits per heavy atom. The van der Waals surface area contributed by atoms with E-state index in [-0.39, 0.29) is 10.8 Å². The summed E-state index contributed by atoms with van der Waals surface area (Å²) in [5, 5.41) is 3.55. The Kier molecular flexibility index (Phi) is 5.06. The van der Waals surface area contributed by atoms with Crippen LogP contribution in [0, 0.1) is 5.82 Å². The Balaban J connectivity index is 2.47. The quantitative estimate of drug-likeness (QED) is 0.816. The molecule has 0 bridgehead atoms. The Morgan fingerprint density at radius 2 is 2.20 bits per heavy atom. The molecule has 1 aromatic rings. The molecule has 0 saturated carbocycles. The van der Waals surface area contributed by atoms with Crippen LogP contribution >= 0.6 is 11.6 Å². The Morgan fingerprint density at radius 1 is 1.47 bits per heavy atom. The van der Waals surface area contributed by atoms with Crippen molar-refractivity contribution in [2.75, 3.05) is 6.54 Å². The lowest BCUT2D eigenvalue weighted by atomic mass is 10.1. The van der Waals surface area contributed by atoms with Gasteiger partial charge in [-0.15, -0.1) is 0 Å². The third kappa shape index (κ3) is 4.18. The molecule has 1 nitrogen and oxygen atoms in total. The number of nitrogens with one attached hydrogen (secondary N) is 1.